The summed E-state index contributed by atoms with van der Waals surface area (Å²) in [5.74, 6) is -0.374. The van der Waals surface area contributed by atoms with E-state index < -0.39 is 5.25 Å². The summed E-state index contributed by atoms with van der Waals surface area (Å²) in [5.41, 5.74) is 1.36. The minimum atomic E-state index is -0.494. The van der Waals surface area contributed by atoms with Gasteiger partial charge in [0, 0.05) is 28.6 Å². The van der Waals surface area contributed by atoms with E-state index in [4.69, 9.17) is 21.1 Å². The number of thiophene rings is 1. The van der Waals surface area contributed by atoms with Gasteiger partial charge in [-0.05, 0) is 13.0 Å². The molecule has 1 aromatic carbocycles. The maximum Gasteiger partial charge on any atom is 0.318 e. The number of fused-ring (bicyclic) bond motifs is 1. The SMILES string of the molecule is COCCn1c(SC(C)C(=O)OC)nc2scc(-c3ccccc3Cl)c2c1=O. The van der Waals surface area contributed by atoms with Gasteiger partial charge >= 0.3 is 5.97 Å². The number of ether oxygens (including phenoxy) is 2. The van der Waals surface area contributed by atoms with E-state index in [1.165, 1.54) is 30.2 Å². The van der Waals surface area contributed by atoms with E-state index in [2.05, 4.69) is 4.98 Å². The Morgan fingerprint density at radius 1 is 1.32 bits per heavy atom. The van der Waals surface area contributed by atoms with Gasteiger partial charge in [0.05, 0.1) is 25.6 Å². The normalized spacial score (nSPS) is 12.3. The van der Waals surface area contributed by atoms with Crippen LogP contribution in [0.4, 0.5) is 0 Å². The zero-order valence-electron chi connectivity index (χ0n) is 15.6. The average molecular weight is 439 g/mol. The number of nitrogens with zero attached hydrogens (tertiary/aromatic N) is 2. The molecule has 0 N–H and O–H groups in total. The van der Waals surface area contributed by atoms with Crippen LogP contribution in [0.15, 0.2) is 39.6 Å². The first-order valence-corrected chi connectivity index (χ1v) is 10.6. The molecule has 0 aliphatic rings. The molecule has 3 aromatic rings. The summed E-state index contributed by atoms with van der Waals surface area (Å²) >= 11 is 8.91. The molecule has 2 heterocycles. The second-order valence-corrected chi connectivity index (χ2v) is 8.51. The molecule has 0 bridgehead atoms. The molecule has 9 heteroatoms. The topological polar surface area (TPSA) is 70.4 Å². The summed E-state index contributed by atoms with van der Waals surface area (Å²) < 4.78 is 11.5. The van der Waals surface area contributed by atoms with Crippen LogP contribution in [0.25, 0.3) is 21.3 Å². The Hall–Kier alpha value is -1.87. The molecule has 28 heavy (non-hydrogen) atoms. The van der Waals surface area contributed by atoms with Crippen LogP contribution in [-0.4, -0.2) is 41.6 Å². The Balaban J connectivity index is 2.17. The van der Waals surface area contributed by atoms with E-state index in [1.807, 2.05) is 23.6 Å². The van der Waals surface area contributed by atoms with Gasteiger partial charge in [0.15, 0.2) is 5.16 Å². The Bertz CT molecular complexity index is 1060. The lowest BCUT2D eigenvalue weighted by atomic mass is 10.1. The molecular formula is C19H19ClN2O4S2. The monoisotopic (exact) mass is 438 g/mol. The van der Waals surface area contributed by atoms with Gasteiger partial charge in [0.2, 0.25) is 0 Å². The Kier molecular flexibility index (Phi) is 6.77. The number of hydrogen-bond acceptors (Lipinski definition) is 7. The van der Waals surface area contributed by atoms with Gasteiger partial charge in [0.1, 0.15) is 10.1 Å². The van der Waals surface area contributed by atoms with E-state index in [9.17, 15) is 9.59 Å². The van der Waals surface area contributed by atoms with Crippen molar-refractivity contribution in [3.63, 3.8) is 0 Å². The molecule has 1 unspecified atom stereocenters. The zero-order chi connectivity index (χ0) is 20.3. The fourth-order valence-corrected chi connectivity index (χ4v) is 4.90. The predicted octanol–water partition coefficient (Wildman–Crippen LogP) is 4.08. The predicted molar refractivity (Wildman–Crippen MR) is 114 cm³/mol. The smallest absolute Gasteiger partial charge is 0.318 e. The second kappa shape index (κ2) is 9.09. The first kappa shape index (κ1) is 20.9. The van der Waals surface area contributed by atoms with Gasteiger partial charge < -0.3 is 9.47 Å². The summed E-state index contributed by atoms with van der Waals surface area (Å²) in [4.78, 5) is 30.4. The molecule has 3 rings (SSSR count). The zero-order valence-corrected chi connectivity index (χ0v) is 18.0. The molecule has 1 atom stereocenters. The van der Waals surface area contributed by atoms with Crippen LogP contribution in [0.3, 0.4) is 0 Å². The van der Waals surface area contributed by atoms with Crippen LogP contribution in [-0.2, 0) is 20.8 Å². The molecule has 0 radical (unpaired) electrons. The van der Waals surface area contributed by atoms with Crippen LogP contribution >= 0.6 is 34.7 Å². The highest BCUT2D eigenvalue weighted by atomic mass is 35.5. The molecule has 0 saturated carbocycles. The maximum atomic E-state index is 13.3. The average Bonchev–Trinajstić information content (AvgIpc) is 3.11. The third-order valence-electron chi connectivity index (χ3n) is 4.16. The van der Waals surface area contributed by atoms with E-state index in [0.29, 0.717) is 33.5 Å². The van der Waals surface area contributed by atoms with Gasteiger partial charge in [-0.15, -0.1) is 11.3 Å². The summed E-state index contributed by atoms with van der Waals surface area (Å²) in [6.45, 7) is 2.39. The first-order valence-electron chi connectivity index (χ1n) is 8.48. The highest BCUT2D eigenvalue weighted by molar-refractivity contribution is 8.00. The lowest BCUT2D eigenvalue weighted by Gasteiger charge is -2.14. The minimum Gasteiger partial charge on any atom is -0.468 e. The van der Waals surface area contributed by atoms with Crippen LogP contribution < -0.4 is 5.56 Å². The van der Waals surface area contributed by atoms with Crippen molar-refractivity contribution in [2.45, 2.75) is 23.9 Å². The Morgan fingerprint density at radius 2 is 2.07 bits per heavy atom. The molecule has 0 saturated heterocycles. The van der Waals surface area contributed by atoms with Gasteiger partial charge in [0.25, 0.3) is 5.56 Å². The van der Waals surface area contributed by atoms with Crippen molar-refractivity contribution in [3.8, 4) is 11.1 Å². The van der Waals surface area contributed by atoms with Gasteiger partial charge in [-0.2, -0.15) is 0 Å². The number of esters is 1. The molecule has 0 aliphatic heterocycles. The van der Waals surface area contributed by atoms with Crippen LogP contribution in [0.5, 0.6) is 0 Å². The lowest BCUT2D eigenvalue weighted by molar-refractivity contribution is -0.139. The Morgan fingerprint density at radius 3 is 2.75 bits per heavy atom. The molecule has 148 valence electrons. The number of aromatic nitrogens is 2. The van der Waals surface area contributed by atoms with Crippen molar-refractivity contribution < 1.29 is 14.3 Å². The summed E-state index contributed by atoms with van der Waals surface area (Å²) in [6, 6.07) is 7.40. The minimum absolute atomic E-state index is 0.183. The fourth-order valence-electron chi connectivity index (χ4n) is 2.73. The number of carbonyl (C=O) groups is 1. The molecule has 0 fully saturated rings. The molecule has 0 aliphatic carbocycles. The number of hydrogen-bond donors (Lipinski definition) is 0. The van der Waals surface area contributed by atoms with Crippen molar-refractivity contribution in [3.05, 3.63) is 45.0 Å². The van der Waals surface area contributed by atoms with Gasteiger partial charge in [-0.25, -0.2) is 4.98 Å². The summed E-state index contributed by atoms with van der Waals surface area (Å²) in [7, 11) is 2.91. The van der Waals surface area contributed by atoms with Crippen molar-refractivity contribution in [1.82, 2.24) is 9.55 Å². The highest BCUT2D eigenvalue weighted by Crippen LogP contribution is 2.36. The van der Waals surface area contributed by atoms with E-state index in [0.717, 1.165) is 11.1 Å². The van der Waals surface area contributed by atoms with E-state index in [1.54, 1.807) is 24.7 Å². The largest absolute Gasteiger partial charge is 0.468 e. The molecule has 0 spiro atoms. The molecular weight excluding hydrogens is 420 g/mol. The molecule has 2 aromatic heterocycles. The van der Waals surface area contributed by atoms with E-state index >= 15 is 0 Å². The lowest BCUT2D eigenvalue weighted by Crippen LogP contribution is -2.26. The number of methoxy groups -OCH3 is 2. The van der Waals surface area contributed by atoms with Crippen molar-refractivity contribution in [1.29, 1.82) is 0 Å². The standard InChI is InChI=1S/C19H19ClN2O4S2/c1-11(18(24)26-3)28-19-21-16-15(17(23)22(19)8-9-25-2)13(10-27-16)12-6-4-5-7-14(12)20/h4-7,10-11H,8-9H2,1-3H3. The number of carbonyl (C=O) groups excluding carboxylic acids is 1. The van der Waals surface area contributed by atoms with Gasteiger partial charge in [-0.3, -0.25) is 14.2 Å². The van der Waals surface area contributed by atoms with Crippen molar-refractivity contribution >= 4 is 50.9 Å². The third kappa shape index (κ3) is 4.10. The highest BCUT2D eigenvalue weighted by Gasteiger charge is 2.22. The third-order valence-corrected chi connectivity index (χ3v) is 6.43. The van der Waals surface area contributed by atoms with E-state index in [-0.39, 0.29) is 11.5 Å². The summed E-state index contributed by atoms with van der Waals surface area (Å²) in [6.07, 6.45) is 0. The first-order chi connectivity index (χ1) is 13.5. The van der Waals surface area contributed by atoms with Crippen LogP contribution in [0.2, 0.25) is 5.02 Å². The van der Waals surface area contributed by atoms with Crippen molar-refractivity contribution in [2.24, 2.45) is 0 Å². The Labute approximate surface area is 175 Å². The number of rotatable bonds is 7. The van der Waals surface area contributed by atoms with Crippen LogP contribution in [0.1, 0.15) is 6.92 Å². The number of thioether (sulfide) groups is 1. The maximum absolute atomic E-state index is 13.3. The number of benzene rings is 1. The molecule has 6 nitrogen and oxygen atoms in total. The quantitative estimate of drug-likeness (QED) is 0.314. The number of halogens is 1. The second-order valence-electron chi connectivity index (χ2n) is 5.94. The van der Waals surface area contributed by atoms with Crippen molar-refractivity contribution in [2.75, 3.05) is 20.8 Å². The fraction of sp³-hybridized carbons (Fsp3) is 0.316. The molecule has 0 amide bonds. The van der Waals surface area contributed by atoms with Crippen LogP contribution in [0, 0.1) is 0 Å². The van der Waals surface area contributed by atoms with Gasteiger partial charge in [-0.1, -0.05) is 41.6 Å². The summed E-state index contributed by atoms with van der Waals surface area (Å²) in [5, 5.41) is 2.94.